The Kier molecular flexibility index (Phi) is 5.86. The highest BCUT2D eigenvalue weighted by atomic mass is 16.5. The van der Waals surface area contributed by atoms with Crippen LogP contribution in [-0.2, 0) is 6.61 Å². The first kappa shape index (κ1) is 19.3. The molecule has 7 nitrogen and oxygen atoms in total. The second-order valence-corrected chi connectivity index (χ2v) is 5.87. The Morgan fingerprint density at radius 3 is 2.29 bits per heavy atom. The molecule has 1 amide bonds. The lowest BCUT2D eigenvalue weighted by atomic mass is 10.1. The van der Waals surface area contributed by atoms with E-state index in [2.05, 4.69) is 5.32 Å². The summed E-state index contributed by atoms with van der Waals surface area (Å²) in [4.78, 5) is 12.7. The molecule has 2 aromatic carbocycles. The van der Waals surface area contributed by atoms with Crippen LogP contribution in [0.2, 0.25) is 0 Å². The zero-order valence-electron chi connectivity index (χ0n) is 15.8. The highest BCUT2D eigenvalue weighted by Crippen LogP contribution is 2.38. The molecule has 0 aliphatic heterocycles. The zero-order valence-corrected chi connectivity index (χ0v) is 15.8. The second-order valence-electron chi connectivity index (χ2n) is 5.87. The number of carbonyl (C=O) groups excluding carboxylic acids is 1. The summed E-state index contributed by atoms with van der Waals surface area (Å²) in [5.41, 5.74) is 1.74. The Morgan fingerprint density at radius 1 is 1.00 bits per heavy atom. The summed E-state index contributed by atoms with van der Waals surface area (Å²) < 4.78 is 21.4. The fourth-order valence-electron chi connectivity index (χ4n) is 2.78. The van der Waals surface area contributed by atoms with Crippen molar-refractivity contribution in [2.75, 3.05) is 26.6 Å². The molecule has 0 fully saturated rings. The first-order chi connectivity index (χ1) is 13.6. The molecule has 0 aliphatic carbocycles. The number of hydrogen-bond donors (Lipinski definition) is 2. The number of rotatable bonds is 7. The van der Waals surface area contributed by atoms with Crippen molar-refractivity contribution >= 4 is 11.6 Å². The molecule has 0 saturated heterocycles. The van der Waals surface area contributed by atoms with E-state index in [1.54, 1.807) is 42.5 Å². The molecule has 1 aromatic heterocycles. The van der Waals surface area contributed by atoms with Crippen molar-refractivity contribution in [3.63, 3.8) is 0 Å². The highest BCUT2D eigenvalue weighted by molar-refractivity contribution is 6.05. The van der Waals surface area contributed by atoms with Crippen molar-refractivity contribution in [2.24, 2.45) is 0 Å². The van der Waals surface area contributed by atoms with Crippen molar-refractivity contribution in [3.8, 4) is 28.6 Å². The first-order valence-corrected chi connectivity index (χ1v) is 8.51. The van der Waals surface area contributed by atoms with E-state index < -0.39 is 0 Å². The van der Waals surface area contributed by atoms with E-state index in [0.717, 1.165) is 5.56 Å². The highest BCUT2D eigenvalue weighted by Gasteiger charge is 2.17. The van der Waals surface area contributed by atoms with Gasteiger partial charge >= 0.3 is 0 Å². The van der Waals surface area contributed by atoms with Gasteiger partial charge in [-0.05, 0) is 36.4 Å². The number of nitrogens with one attached hydrogen (secondary N) is 1. The quantitative estimate of drug-likeness (QED) is 0.646. The topological polar surface area (TPSA) is 90.2 Å². The minimum absolute atomic E-state index is 0.169. The minimum Gasteiger partial charge on any atom is -0.493 e. The third kappa shape index (κ3) is 3.94. The number of anilines is 1. The van der Waals surface area contributed by atoms with E-state index >= 15 is 0 Å². The Balaban J connectivity index is 1.86. The summed E-state index contributed by atoms with van der Waals surface area (Å²) in [6.45, 7) is -0.169. The zero-order chi connectivity index (χ0) is 20.1. The van der Waals surface area contributed by atoms with Gasteiger partial charge in [-0.3, -0.25) is 4.79 Å². The molecule has 7 heteroatoms. The van der Waals surface area contributed by atoms with Crippen LogP contribution in [0.4, 0.5) is 5.69 Å². The van der Waals surface area contributed by atoms with Crippen LogP contribution >= 0.6 is 0 Å². The standard InChI is InChI=1S/C21H21NO6/c1-25-18-10-14(11-19(26-2)20(18)27-3)21(24)22-15-6-4-5-13(9-15)17-8-7-16(12-23)28-17/h4-11,23H,12H2,1-3H3,(H,22,24). The van der Waals surface area contributed by atoms with Gasteiger partial charge in [-0.25, -0.2) is 0 Å². The van der Waals surface area contributed by atoms with Crippen LogP contribution < -0.4 is 19.5 Å². The molecule has 0 saturated carbocycles. The lowest BCUT2D eigenvalue weighted by Crippen LogP contribution is -2.12. The molecule has 0 aliphatic rings. The number of ether oxygens (including phenoxy) is 3. The van der Waals surface area contributed by atoms with Crippen LogP contribution in [0.15, 0.2) is 52.9 Å². The van der Waals surface area contributed by atoms with E-state index in [1.165, 1.54) is 21.3 Å². The summed E-state index contributed by atoms with van der Waals surface area (Å²) in [6, 6.07) is 13.9. The number of aliphatic hydroxyl groups excluding tert-OH is 1. The molecule has 1 heterocycles. The van der Waals surface area contributed by atoms with E-state index in [1.807, 2.05) is 6.07 Å². The number of amides is 1. The molecule has 3 rings (SSSR count). The van der Waals surface area contributed by atoms with Gasteiger partial charge in [-0.15, -0.1) is 0 Å². The molecule has 0 atom stereocenters. The Hall–Kier alpha value is -3.45. The van der Waals surface area contributed by atoms with Gasteiger partial charge in [0.15, 0.2) is 11.5 Å². The molecule has 0 bridgehead atoms. The van der Waals surface area contributed by atoms with Crippen LogP contribution in [0, 0.1) is 0 Å². The molecule has 0 spiro atoms. The lowest BCUT2D eigenvalue weighted by Gasteiger charge is -2.14. The maximum Gasteiger partial charge on any atom is 0.255 e. The molecule has 146 valence electrons. The van der Waals surface area contributed by atoms with Crippen LogP contribution in [0.1, 0.15) is 16.1 Å². The van der Waals surface area contributed by atoms with Gasteiger partial charge < -0.3 is 29.1 Å². The summed E-state index contributed by atoms with van der Waals surface area (Å²) in [7, 11) is 4.49. The summed E-state index contributed by atoms with van der Waals surface area (Å²) in [6.07, 6.45) is 0. The molecular weight excluding hydrogens is 362 g/mol. The van der Waals surface area contributed by atoms with Crippen molar-refractivity contribution in [1.29, 1.82) is 0 Å². The van der Waals surface area contributed by atoms with Gasteiger partial charge in [-0.2, -0.15) is 0 Å². The average Bonchev–Trinajstić information content (AvgIpc) is 3.22. The predicted octanol–water partition coefficient (Wildman–Crippen LogP) is 3.72. The van der Waals surface area contributed by atoms with Crippen molar-refractivity contribution in [1.82, 2.24) is 0 Å². The summed E-state index contributed by atoms with van der Waals surface area (Å²) in [5, 5.41) is 12.0. The maximum absolute atomic E-state index is 12.7. The molecular formula is C21H21NO6. The number of carbonyl (C=O) groups is 1. The van der Waals surface area contributed by atoms with E-state index in [4.69, 9.17) is 23.7 Å². The fraction of sp³-hybridized carbons (Fsp3) is 0.190. The molecule has 2 N–H and O–H groups in total. The van der Waals surface area contributed by atoms with Gasteiger partial charge in [-0.1, -0.05) is 12.1 Å². The normalized spacial score (nSPS) is 10.4. The van der Waals surface area contributed by atoms with Crippen molar-refractivity contribution < 1.29 is 28.5 Å². The minimum atomic E-state index is -0.327. The third-order valence-electron chi connectivity index (χ3n) is 4.15. The number of methoxy groups -OCH3 is 3. The van der Waals surface area contributed by atoms with Crippen LogP contribution in [-0.4, -0.2) is 32.3 Å². The lowest BCUT2D eigenvalue weighted by molar-refractivity contribution is 0.102. The van der Waals surface area contributed by atoms with Crippen LogP contribution in [0.25, 0.3) is 11.3 Å². The predicted molar refractivity (Wildman–Crippen MR) is 104 cm³/mol. The van der Waals surface area contributed by atoms with Crippen molar-refractivity contribution in [3.05, 3.63) is 59.9 Å². The van der Waals surface area contributed by atoms with Gasteiger partial charge in [0.1, 0.15) is 18.1 Å². The van der Waals surface area contributed by atoms with Crippen LogP contribution in [0.3, 0.4) is 0 Å². The Bertz CT molecular complexity index is 954. The molecule has 28 heavy (non-hydrogen) atoms. The van der Waals surface area contributed by atoms with E-state index in [0.29, 0.717) is 40.0 Å². The smallest absolute Gasteiger partial charge is 0.255 e. The van der Waals surface area contributed by atoms with Gasteiger partial charge in [0, 0.05) is 16.8 Å². The number of aliphatic hydroxyl groups is 1. The SMILES string of the molecule is COc1cc(C(=O)Nc2cccc(-c3ccc(CO)o3)c2)cc(OC)c1OC. The second kappa shape index (κ2) is 8.49. The molecule has 0 unspecified atom stereocenters. The molecule has 3 aromatic rings. The number of hydrogen-bond acceptors (Lipinski definition) is 6. The number of benzene rings is 2. The number of furan rings is 1. The first-order valence-electron chi connectivity index (χ1n) is 8.51. The monoisotopic (exact) mass is 383 g/mol. The van der Waals surface area contributed by atoms with E-state index in [9.17, 15) is 4.79 Å². The van der Waals surface area contributed by atoms with Gasteiger partial charge in [0.2, 0.25) is 5.75 Å². The summed E-state index contributed by atoms with van der Waals surface area (Å²) in [5.74, 6) is 1.96. The summed E-state index contributed by atoms with van der Waals surface area (Å²) >= 11 is 0. The van der Waals surface area contributed by atoms with Gasteiger partial charge in [0.25, 0.3) is 5.91 Å². The molecule has 0 radical (unpaired) electrons. The average molecular weight is 383 g/mol. The largest absolute Gasteiger partial charge is 0.493 e. The third-order valence-corrected chi connectivity index (χ3v) is 4.15. The van der Waals surface area contributed by atoms with Gasteiger partial charge in [0.05, 0.1) is 21.3 Å². The fourth-order valence-corrected chi connectivity index (χ4v) is 2.78. The van der Waals surface area contributed by atoms with E-state index in [-0.39, 0.29) is 12.5 Å². The maximum atomic E-state index is 12.7. The Morgan fingerprint density at radius 2 is 1.71 bits per heavy atom. The van der Waals surface area contributed by atoms with Crippen LogP contribution in [0.5, 0.6) is 17.2 Å². The van der Waals surface area contributed by atoms with Crippen molar-refractivity contribution in [2.45, 2.75) is 6.61 Å². The Labute approximate surface area is 162 Å².